The van der Waals surface area contributed by atoms with Gasteiger partial charge >= 0.3 is 0 Å². The highest BCUT2D eigenvalue weighted by Crippen LogP contribution is 2.34. The van der Waals surface area contributed by atoms with E-state index < -0.39 is 0 Å². The lowest BCUT2D eigenvalue weighted by molar-refractivity contribution is 0.148. The highest BCUT2D eigenvalue weighted by molar-refractivity contribution is 4.95. The van der Waals surface area contributed by atoms with E-state index in [0.717, 1.165) is 24.0 Å². The molecule has 2 nitrogen and oxygen atoms in total. The van der Waals surface area contributed by atoms with Crippen molar-refractivity contribution in [2.45, 2.75) is 89.8 Å². The largest absolute Gasteiger partial charge is 0.314 e. The number of hydrogen-bond donors (Lipinski definition) is 1. The average Bonchev–Trinajstić information content (AvgIpc) is 2.61. The Hall–Kier alpha value is -0.0800. The van der Waals surface area contributed by atoms with Gasteiger partial charge in [0.25, 0.3) is 0 Å². The van der Waals surface area contributed by atoms with E-state index in [1.54, 1.807) is 0 Å². The fraction of sp³-hybridized carbons (Fsp3) is 1.00. The standard InChI is InChI=1S/C17H34N2/c1-14(2)8-6-4-5-7-11-18-15-12-16-9-10-17(13-15)19(16)3/h14-18H,4-13H2,1-3H3. The predicted octanol–water partition coefficient (Wildman–Crippen LogP) is 3.81. The maximum absolute atomic E-state index is 3.82. The molecule has 112 valence electrons. The van der Waals surface area contributed by atoms with Gasteiger partial charge in [-0.2, -0.15) is 0 Å². The van der Waals surface area contributed by atoms with Crippen molar-refractivity contribution >= 4 is 0 Å². The van der Waals surface area contributed by atoms with Gasteiger partial charge in [0.15, 0.2) is 0 Å². The number of nitrogens with zero attached hydrogens (tertiary/aromatic N) is 1. The van der Waals surface area contributed by atoms with Crippen molar-refractivity contribution in [3.8, 4) is 0 Å². The minimum Gasteiger partial charge on any atom is -0.314 e. The summed E-state index contributed by atoms with van der Waals surface area (Å²) in [5, 5.41) is 3.82. The molecule has 2 aliphatic heterocycles. The van der Waals surface area contributed by atoms with Crippen LogP contribution in [0.5, 0.6) is 0 Å². The Bertz CT molecular complexity index is 238. The van der Waals surface area contributed by atoms with Gasteiger partial charge in [-0.1, -0.05) is 39.5 Å². The first-order valence-electron chi connectivity index (χ1n) is 8.62. The molecule has 0 amide bonds. The van der Waals surface area contributed by atoms with E-state index in [4.69, 9.17) is 0 Å². The molecule has 2 saturated heterocycles. The maximum Gasteiger partial charge on any atom is 0.0111 e. The smallest absolute Gasteiger partial charge is 0.0111 e. The Morgan fingerprint density at radius 3 is 2.26 bits per heavy atom. The first-order valence-corrected chi connectivity index (χ1v) is 8.62. The second kappa shape index (κ2) is 7.64. The summed E-state index contributed by atoms with van der Waals surface area (Å²) in [6, 6.07) is 2.56. The summed E-state index contributed by atoms with van der Waals surface area (Å²) < 4.78 is 0. The van der Waals surface area contributed by atoms with Crippen LogP contribution >= 0.6 is 0 Å². The molecular formula is C17H34N2. The third-order valence-corrected chi connectivity index (χ3v) is 5.24. The molecule has 0 spiro atoms. The van der Waals surface area contributed by atoms with Crippen molar-refractivity contribution in [2.24, 2.45) is 5.92 Å². The first-order chi connectivity index (χ1) is 9.16. The third-order valence-electron chi connectivity index (χ3n) is 5.24. The minimum absolute atomic E-state index is 0.810. The van der Waals surface area contributed by atoms with E-state index in [2.05, 4.69) is 31.1 Å². The zero-order valence-electron chi connectivity index (χ0n) is 13.3. The van der Waals surface area contributed by atoms with E-state index in [1.807, 2.05) is 0 Å². The molecule has 0 aromatic rings. The van der Waals surface area contributed by atoms with Crippen molar-refractivity contribution in [2.75, 3.05) is 13.6 Å². The molecule has 2 heteroatoms. The van der Waals surface area contributed by atoms with E-state index in [1.165, 1.54) is 64.3 Å². The van der Waals surface area contributed by atoms with Crippen LogP contribution in [0.1, 0.15) is 71.6 Å². The molecule has 0 radical (unpaired) electrons. The molecule has 2 aliphatic rings. The van der Waals surface area contributed by atoms with Gasteiger partial charge in [0, 0.05) is 18.1 Å². The van der Waals surface area contributed by atoms with Crippen LogP contribution in [0.15, 0.2) is 0 Å². The number of fused-ring (bicyclic) bond motifs is 2. The van der Waals surface area contributed by atoms with Crippen LogP contribution in [0, 0.1) is 5.92 Å². The van der Waals surface area contributed by atoms with Crippen LogP contribution in [-0.4, -0.2) is 36.6 Å². The SMILES string of the molecule is CC(C)CCCCCCNC1CC2CCC(C1)N2C. The summed E-state index contributed by atoms with van der Waals surface area (Å²) in [5.41, 5.74) is 0. The second-order valence-corrected chi connectivity index (χ2v) is 7.27. The van der Waals surface area contributed by atoms with Crippen molar-refractivity contribution in [1.82, 2.24) is 10.2 Å². The highest BCUT2D eigenvalue weighted by atomic mass is 15.2. The molecular weight excluding hydrogens is 232 g/mol. The molecule has 0 aliphatic carbocycles. The molecule has 2 unspecified atom stereocenters. The quantitative estimate of drug-likeness (QED) is 0.672. The normalized spacial score (nSPS) is 31.3. The number of nitrogens with one attached hydrogen (secondary N) is 1. The fourth-order valence-corrected chi connectivity index (χ4v) is 3.92. The van der Waals surface area contributed by atoms with Crippen molar-refractivity contribution < 1.29 is 0 Å². The molecule has 0 saturated carbocycles. The monoisotopic (exact) mass is 266 g/mol. The van der Waals surface area contributed by atoms with Gasteiger partial charge in [-0.3, -0.25) is 0 Å². The minimum atomic E-state index is 0.810. The topological polar surface area (TPSA) is 15.3 Å². The summed E-state index contributed by atoms with van der Waals surface area (Å²) in [6.07, 6.45) is 12.7. The van der Waals surface area contributed by atoms with Crippen LogP contribution in [0.2, 0.25) is 0 Å². The lowest BCUT2D eigenvalue weighted by Crippen LogP contribution is -2.47. The number of piperidine rings is 1. The average molecular weight is 266 g/mol. The molecule has 0 aromatic heterocycles. The van der Waals surface area contributed by atoms with E-state index in [0.29, 0.717) is 0 Å². The van der Waals surface area contributed by atoms with Crippen LogP contribution < -0.4 is 5.32 Å². The summed E-state index contributed by atoms with van der Waals surface area (Å²) in [4.78, 5) is 2.63. The predicted molar refractivity (Wildman–Crippen MR) is 83.5 cm³/mol. The highest BCUT2D eigenvalue weighted by Gasteiger charge is 2.37. The molecule has 2 bridgehead atoms. The van der Waals surface area contributed by atoms with Gasteiger partial charge in [-0.25, -0.2) is 0 Å². The third kappa shape index (κ3) is 4.75. The van der Waals surface area contributed by atoms with E-state index in [9.17, 15) is 0 Å². The zero-order valence-corrected chi connectivity index (χ0v) is 13.3. The Balaban J connectivity index is 1.48. The Labute approximate surface area is 120 Å². The maximum atomic E-state index is 3.82. The summed E-state index contributed by atoms with van der Waals surface area (Å²) in [5.74, 6) is 0.882. The van der Waals surface area contributed by atoms with Gasteiger partial charge in [-0.15, -0.1) is 0 Å². The van der Waals surface area contributed by atoms with Crippen LogP contribution in [0.3, 0.4) is 0 Å². The van der Waals surface area contributed by atoms with Crippen molar-refractivity contribution in [3.63, 3.8) is 0 Å². The molecule has 2 heterocycles. The van der Waals surface area contributed by atoms with Crippen molar-refractivity contribution in [1.29, 1.82) is 0 Å². The van der Waals surface area contributed by atoms with Gasteiger partial charge in [0.1, 0.15) is 0 Å². The van der Waals surface area contributed by atoms with Gasteiger partial charge in [-0.05, 0) is 51.6 Å². The molecule has 2 fully saturated rings. The van der Waals surface area contributed by atoms with E-state index >= 15 is 0 Å². The van der Waals surface area contributed by atoms with Crippen molar-refractivity contribution in [3.05, 3.63) is 0 Å². The van der Waals surface area contributed by atoms with Gasteiger partial charge in [0.2, 0.25) is 0 Å². The van der Waals surface area contributed by atoms with Crippen LogP contribution in [0.25, 0.3) is 0 Å². The number of hydrogen-bond acceptors (Lipinski definition) is 2. The zero-order chi connectivity index (χ0) is 13.7. The number of unbranched alkanes of at least 4 members (excludes halogenated alkanes) is 3. The molecule has 19 heavy (non-hydrogen) atoms. The summed E-state index contributed by atoms with van der Waals surface area (Å²) in [6.45, 7) is 5.90. The first kappa shape index (κ1) is 15.3. The molecule has 0 aromatic carbocycles. The lowest BCUT2D eigenvalue weighted by atomic mass is 9.98. The lowest BCUT2D eigenvalue weighted by Gasteiger charge is -2.36. The summed E-state index contributed by atoms with van der Waals surface area (Å²) >= 11 is 0. The fourth-order valence-electron chi connectivity index (χ4n) is 3.92. The molecule has 1 N–H and O–H groups in total. The Morgan fingerprint density at radius 1 is 1.00 bits per heavy atom. The van der Waals surface area contributed by atoms with Gasteiger partial charge < -0.3 is 10.2 Å². The Kier molecular flexibility index (Phi) is 6.15. The van der Waals surface area contributed by atoms with Gasteiger partial charge in [0.05, 0.1) is 0 Å². The summed E-state index contributed by atoms with van der Waals surface area (Å²) in [7, 11) is 2.33. The van der Waals surface area contributed by atoms with Crippen LogP contribution in [0.4, 0.5) is 0 Å². The number of rotatable bonds is 8. The van der Waals surface area contributed by atoms with Crippen LogP contribution in [-0.2, 0) is 0 Å². The molecule has 2 rings (SSSR count). The molecule has 2 atom stereocenters. The second-order valence-electron chi connectivity index (χ2n) is 7.27. The van der Waals surface area contributed by atoms with E-state index in [-0.39, 0.29) is 0 Å². The Morgan fingerprint density at radius 2 is 1.63 bits per heavy atom.